The summed E-state index contributed by atoms with van der Waals surface area (Å²) in [6.45, 7) is 5.59. The van der Waals surface area contributed by atoms with Crippen LogP contribution in [0, 0.1) is 5.41 Å². The molecular formula is C6H11BrO2Zn. The zero-order chi connectivity index (χ0) is 6.78. The Bertz CT molecular complexity index is 98.4. The standard InChI is InChI=1S/C6H12O2.BrH.Zn/c1-6(2,3)4-5(7)8;;/h4H2,1-3H3,(H,7,8);1H;/q;;+2/p-2. The van der Waals surface area contributed by atoms with Gasteiger partial charge in [0, 0.05) is 5.97 Å². The van der Waals surface area contributed by atoms with Gasteiger partial charge in [0.25, 0.3) is 0 Å². The minimum absolute atomic E-state index is 0. The number of hydrogen-bond donors (Lipinski definition) is 0. The van der Waals surface area contributed by atoms with Crippen LogP contribution < -0.4 is 22.1 Å². The van der Waals surface area contributed by atoms with Crippen molar-refractivity contribution in [2.45, 2.75) is 27.2 Å². The first-order valence-corrected chi connectivity index (χ1v) is 2.62. The van der Waals surface area contributed by atoms with Gasteiger partial charge in [-0.25, -0.2) is 0 Å². The van der Waals surface area contributed by atoms with Gasteiger partial charge in [0.2, 0.25) is 0 Å². The van der Waals surface area contributed by atoms with E-state index in [0.717, 1.165) is 0 Å². The number of carboxylic acids is 1. The second-order valence-corrected chi connectivity index (χ2v) is 3.11. The smallest absolute Gasteiger partial charge is 1.00 e. The van der Waals surface area contributed by atoms with E-state index < -0.39 is 5.97 Å². The van der Waals surface area contributed by atoms with Crippen LogP contribution in [0.15, 0.2) is 0 Å². The van der Waals surface area contributed by atoms with E-state index in [1.165, 1.54) is 0 Å². The maximum Gasteiger partial charge on any atom is 2.00 e. The Labute approximate surface area is 84.9 Å². The molecule has 0 aliphatic heterocycles. The first-order chi connectivity index (χ1) is 3.42. The third kappa shape index (κ3) is 15.8. The van der Waals surface area contributed by atoms with E-state index in [9.17, 15) is 9.90 Å². The second kappa shape index (κ2) is 6.29. The number of carbonyl (C=O) groups is 1. The minimum atomic E-state index is -0.975. The van der Waals surface area contributed by atoms with Crippen LogP contribution in [-0.4, -0.2) is 5.97 Å². The number of halogens is 1. The summed E-state index contributed by atoms with van der Waals surface area (Å²) >= 11 is 0. The Kier molecular flexibility index (Phi) is 10.6. The summed E-state index contributed by atoms with van der Waals surface area (Å²) in [6.07, 6.45) is 0.132. The van der Waals surface area contributed by atoms with Crippen molar-refractivity contribution in [3.05, 3.63) is 0 Å². The predicted octanol–water partition coefficient (Wildman–Crippen LogP) is -2.83. The third-order valence-corrected chi connectivity index (χ3v) is 0.675. The first kappa shape index (κ1) is 16.9. The molecule has 0 aromatic heterocycles. The normalized spacial score (nSPS) is 9.10. The molecule has 0 bridgehead atoms. The molecule has 0 aromatic carbocycles. The van der Waals surface area contributed by atoms with E-state index in [4.69, 9.17) is 0 Å². The third-order valence-electron chi connectivity index (χ3n) is 0.675. The van der Waals surface area contributed by atoms with Crippen molar-refractivity contribution >= 4 is 5.97 Å². The number of carboxylic acid groups (broad SMARTS) is 1. The molecule has 0 radical (unpaired) electrons. The molecule has 0 saturated heterocycles. The monoisotopic (exact) mass is 258 g/mol. The molecule has 0 saturated carbocycles. The summed E-state index contributed by atoms with van der Waals surface area (Å²) in [7, 11) is 0. The number of aliphatic carboxylic acids is 1. The van der Waals surface area contributed by atoms with Crippen molar-refractivity contribution in [2.24, 2.45) is 5.41 Å². The average Bonchev–Trinajstić information content (AvgIpc) is 1.21. The van der Waals surface area contributed by atoms with Crippen LogP contribution >= 0.6 is 0 Å². The molecule has 0 heterocycles. The van der Waals surface area contributed by atoms with Gasteiger partial charge in [-0.3, -0.25) is 0 Å². The fraction of sp³-hybridized carbons (Fsp3) is 0.833. The van der Waals surface area contributed by atoms with Crippen LogP contribution in [-0.2, 0) is 24.3 Å². The molecule has 56 valence electrons. The molecule has 2 nitrogen and oxygen atoms in total. The summed E-state index contributed by atoms with van der Waals surface area (Å²) in [5.74, 6) is -0.975. The Balaban J connectivity index is -0.000000245. The van der Waals surface area contributed by atoms with E-state index >= 15 is 0 Å². The van der Waals surface area contributed by atoms with Gasteiger partial charge in [0.05, 0.1) is 0 Å². The van der Waals surface area contributed by atoms with Gasteiger partial charge in [-0.15, -0.1) is 0 Å². The van der Waals surface area contributed by atoms with Gasteiger partial charge in [0.15, 0.2) is 0 Å². The van der Waals surface area contributed by atoms with E-state index in [1.54, 1.807) is 0 Å². The molecule has 10 heavy (non-hydrogen) atoms. The largest absolute Gasteiger partial charge is 2.00 e. The number of hydrogen-bond acceptors (Lipinski definition) is 2. The van der Waals surface area contributed by atoms with Crippen molar-refractivity contribution < 1.29 is 46.4 Å². The Hall–Kier alpha value is 0.573. The van der Waals surface area contributed by atoms with Crippen molar-refractivity contribution in [3.8, 4) is 0 Å². The molecular weight excluding hydrogens is 249 g/mol. The van der Waals surface area contributed by atoms with Gasteiger partial charge < -0.3 is 26.9 Å². The van der Waals surface area contributed by atoms with Crippen molar-refractivity contribution in [1.82, 2.24) is 0 Å². The number of carbonyl (C=O) groups excluding carboxylic acids is 1. The van der Waals surface area contributed by atoms with Crippen LogP contribution in [0.4, 0.5) is 0 Å². The van der Waals surface area contributed by atoms with Crippen LogP contribution in [0.5, 0.6) is 0 Å². The van der Waals surface area contributed by atoms with Crippen molar-refractivity contribution in [3.63, 3.8) is 0 Å². The van der Waals surface area contributed by atoms with Crippen LogP contribution in [0.1, 0.15) is 27.2 Å². The van der Waals surface area contributed by atoms with E-state index in [1.807, 2.05) is 20.8 Å². The molecule has 4 heteroatoms. The molecule has 0 spiro atoms. The van der Waals surface area contributed by atoms with Crippen LogP contribution in [0.25, 0.3) is 0 Å². The topological polar surface area (TPSA) is 40.1 Å². The fourth-order valence-corrected chi connectivity index (χ4v) is 0.433. The fourth-order valence-electron chi connectivity index (χ4n) is 0.433. The maximum atomic E-state index is 9.90. The molecule has 0 unspecified atom stereocenters. The summed E-state index contributed by atoms with van der Waals surface area (Å²) in [5, 5.41) is 9.90. The number of rotatable bonds is 1. The molecule has 0 atom stereocenters. The van der Waals surface area contributed by atoms with Gasteiger partial charge in [-0.1, -0.05) is 20.8 Å². The second-order valence-electron chi connectivity index (χ2n) is 3.11. The van der Waals surface area contributed by atoms with E-state index in [0.29, 0.717) is 0 Å². The summed E-state index contributed by atoms with van der Waals surface area (Å²) < 4.78 is 0. The van der Waals surface area contributed by atoms with Gasteiger partial charge in [0.1, 0.15) is 0 Å². The zero-order valence-corrected chi connectivity index (χ0v) is 11.2. The summed E-state index contributed by atoms with van der Waals surface area (Å²) in [5.41, 5.74) is -0.140. The van der Waals surface area contributed by atoms with Crippen LogP contribution in [0.3, 0.4) is 0 Å². The SMILES string of the molecule is CC(C)(C)CC(=O)[O-].[Br-].[Zn+2]. The van der Waals surface area contributed by atoms with Gasteiger partial charge in [-0.05, 0) is 11.8 Å². The summed E-state index contributed by atoms with van der Waals surface area (Å²) in [6, 6.07) is 0. The predicted molar refractivity (Wildman–Crippen MR) is 29.1 cm³/mol. The average molecular weight is 260 g/mol. The van der Waals surface area contributed by atoms with Crippen molar-refractivity contribution in [1.29, 1.82) is 0 Å². The molecule has 0 rings (SSSR count). The zero-order valence-electron chi connectivity index (χ0n) is 6.61. The van der Waals surface area contributed by atoms with Gasteiger partial charge >= 0.3 is 19.5 Å². The Morgan fingerprint density at radius 1 is 1.40 bits per heavy atom. The van der Waals surface area contributed by atoms with Crippen molar-refractivity contribution in [2.75, 3.05) is 0 Å². The summed E-state index contributed by atoms with van der Waals surface area (Å²) in [4.78, 5) is 9.90. The molecule has 0 fully saturated rings. The Morgan fingerprint density at radius 3 is 1.70 bits per heavy atom. The Morgan fingerprint density at radius 2 is 1.70 bits per heavy atom. The maximum absolute atomic E-state index is 9.90. The molecule has 0 N–H and O–H groups in total. The first-order valence-electron chi connectivity index (χ1n) is 2.62. The quantitative estimate of drug-likeness (QED) is 0.477. The van der Waals surface area contributed by atoms with E-state index in [-0.39, 0.29) is 48.3 Å². The molecule has 0 aliphatic carbocycles. The van der Waals surface area contributed by atoms with Crippen LogP contribution in [0.2, 0.25) is 0 Å². The molecule has 0 aromatic rings. The molecule has 0 aliphatic rings. The van der Waals surface area contributed by atoms with E-state index in [2.05, 4.69) is 0 Å². The van der Waals surface area contributed by atoms with Gasteiger partial charge in [-0.2, -0.15) is 0 Å². The molecule has 0 amide bonds. The minimum Gasteiger partial charge on any atom is -1.00 e.